The van der Waals surface area contributed by atoms with Crippen molar-refractivity contribution in [3.8, 4) is 0 Å². The zero-order valence-corrected chi connectivity index (χ0v) is 12.1. The molecule has 0 radical (unpaired) electrons. The van der Waals surface area contributed by atoms with Gasteiger partial charge in [0.05, 0.1) is 0 Å². The second-order valence-electron chi connectivity index (χ2n) is 5.26. The first kappa shape index (κ1) is 16.9. The summed E-state index contributed by atoms with van der Waals surface area (Å²) in [4.78, 5) is 0. The Morgan fingerprint density at radius 3 is 1.94 bits per heavy atom. The molecule has 17 heavy (non-hydrogen) atoms. The van der Waals surface area contributed by atoms with Gasteiger partial charge in [0.25, 0.3) is 0 Å². The molecular weight excluding hydrogens is 208 g/mol. The van der Waals surface area contributed by atoms with Gasteiger partial charge in [-0.2, -0.15) is 0 Å². The number of hydrogen-bond acceptors (Lipinski definition) is 2. The maximum atomic E-state index is 5.46. The molecular formula is C15H34N2. The Morgan fingerprint density at radius 2 is 1.41 bits per heavy atom. The third-order valence-corrected chi connectivity index (χ3v) is 3.35. The SMILES string of the molecule is CCCC(C)NCCCCCCCCCCN. The highest BCUT2D eigenvalue weighted by Gasteiger charge is 1.98. The molecule has 0 rings (SSSR count). The van der Waals surface area contributed by atoms with Crippen LogP contribution in [0.25, 0.3) is 0 Å². The van der Waals surface area contributed by atoms with Crippen LogP contribution in [-0.4, -0.2) is 19.1 Å². The largest absolute Gasteiger partial charge is 0.330 e. The summed E-state index contributed by atoms with van der Waals surface area (Å²) < 4.78 is 0. The van der Waals surface area contributed by atoms with Gasteiger partial charge in [-0.1, -0.05) is 51.9 Å². The van der Waals surface area contributed by atoms with E-state index in [2.05, 4.69) is 19.2 Å². The van der Waals surface area contributed by atoms with E-state index in [-0.39, 0.29) is 0 Å². The van der Waals surface area contributed by atoms with Gasteiger partial charge in [0.2, 0.25) is 0 Å². The maximum Gasteiger partial charge on any atom is 0.00386 e. The molecule has 1 unspecified atom stereocenters. The molecule has 0 saturated carbocycles. The maximum absolute atomic E-state index is 5.46. The lowest BCUT2D eigenvalue weighted by molar-refractivity contribution is 0.485. The normalized spacial score (nSPS) is 12.9. The van der Waals surface area contributed by atoms with E-state index in [9.17, 15) is 0 Å². The van der Waals surface area contributed by atoms with Crippen LogP contribution in [0.1, 0.15) is 78.1 Å². The summed E-state index contributed by atoms with van der Waals surface area (Å²) in [6.45, 7) is 6.61. The molecule has 0 aliphatic rings. The highest BCUT2D eigenvalue weighted by molar-refractivity contribution is 4.59. The van der Waals surface area contributed by atoms with E-state index in [1.54, 1.807) is 0 Å². The van der Waals surface area contributed by atoms with Gasteiger partial charge in [-0.25, -0.2) is 0 Å². The number of nitrogens with one attached hydrogen (secondary N) is 1. The van der Waals surface area contributed by atoms with Crippen LogP contribution in [0, 0.1) is 0 Å². The zero-order valence-electron chi connectivity index (χ0n) is 12.1. The van der Waals surface area contributed by atoms with Gasteiger partial charge >= 0.3 is 0 Å². The van der Waals surface area contributed by atoms with E-state index in [4.69, 9.17) is 5.73 Å². The van der Waals surface area contributed by atoms with Crippen molar-refractivity contribution >= 4 is 0 Å². The van der Waals surface area contributed by atoms with Crippen LogP contribution in [0.5, 0.6) is 0 Å². The molecule has 0 fully saturated rings. The van der Waals surface area contributed by atoms with Crippen molar-refractivity contribution in [2.24, 2.45) is 5.73 Å². The first-order valence-electron chi connectivity index (χ1n) is 7.74. The first-order chi connectivity index (χ1) is 8.31. The van der Waals surface area contributed by atoms with Gasteiger partial charge in [-0.3, -0.25) is 0 Å². The van der Waals surface area contributed by atoms with Crippen molar-refractivity contribution in [1.29, 1.82) is 0 Å². The van der Waals surface area contributed by atoms with Crippen LogP contribution in [0.15, 0.2) is 0 Å². The molecule has 0 amide bonds. The minimum Gasteiger partial charge on any atom is -0.330 e. The molecule has 2 heteroatoms. The third kappa shape index (κ3) is 13.9. The van der Waals surface area contributed by atoms with Gasteiger partial charge in [-0.05, 0) is 39.3 Å². The Bertz CT molecular complexity index is 137. The summed E-state index contributed by atoms with van der Waals surface area (Å²) in [7, 11) is 0. The lowest BCUT2D eigenvalue weighted by atomic mass is 10.1. The second kappa shape index (κ2) is 14.0. The lowest BCUT2D eigenvalue weighted by Crippen LogP contribution is -2.26. The summed E-state index contributed by atoms with van der Waals surface area (Å²) in [6.07, 6.45) is 13.5. The molecule has 0 heterocycles. The fraction of sp³-hybridized carbons (Fsp3) is 1.00. The van der Waals surface area contributed by atoms with Crippen LogP contribution in [0.2, 0.25) is 0 Å². The standard InChI is InChI=1S/C15H34N2/c1-3-12-15(2)17-14-11-9-7-5-4-6-8-10-13-16/h15,17H,3-14,16H2,1-2H3. The van der Waals surface area contributed by atoms with Crippen molar-refractivity contribution in [2.75, 3.05) is 13.1 Å². The predicted molar refractivity (Wildman–Crippen MR) is 78.4 cm³/mol. The summed E-state index contributed by atoms with van der Waals surface area (Å²) in [5.41, 5.74) is 5.46. The fourth-order valence-electron chi connectivity index (χ4n) is 2.21. The smallest absolute Gasteiger partial charge is 0.00386 e. The first-order valence-corrected chi connectivity index (χ1v) is 7.74. The lowest BCUT2D eigenvalue weighted by Gasteiger charge is -2.12. The quantitative estimate of drug-likeness (QED) is 0.482. The summed E-state index contributed by atoms with van der Waals surface area (Å²) in [6, 6.07) is 0.705. The minimum atomic E-state index is 0.705. The van der Waals surface area contributed by atoms with Crippen LogP contribution < -0.4 is 11.1 Å². The molecule has 0 aromatic heterocycles. The Morgan fingerprint density at radius 1 is 0.882 bits per heavy atom. The molecule has 0 saturated heterocycles. The average Bonchev–Trinajstić information content (AvgIpc) is 2.32. The van der Waals surface area contributed by atoms with Gasteiger partial charge < -0.3 is 11.1 Å². The number of unbranched alkanes of at least 4 members (excludes halogenated alkanes) is 7. The van der Waals surface area contributed by atoms with Crippen molar-refractivity contribution < 1.29 is 0 Å². The van der Waals surface area contributed by atoms with Gasteiger partial charge in [0.1, 0.15) is 0 Å². The molecule has 0 aromatic rings. The fourth-order valence-corrected chi connectivity index (χ4v) is 2.21. The van der Waals surface area contributed by atoms with E-state index in [0.717, 1.165) is 6.54 Å². The molecule has 0 aromatic carbocycles. The third-order valence-electron chi connectivity index (χ3n) is 3.35. The molecule has 3 N–H and O–H groups in total. The van der Waals surface area contributed by atoms with E-state index in [0.29, 0.717) is 6.04 Å². The second-order valence-corrected chi connectivity index (χ2v) is 5.26. The Labute approximate surface area is 109 Å². The Balaban J connectivity index is 2.98. The average molecular weight is 242 g/mol. The van der Waals surface area contributed by atoms with E-state index in [1.807, 2.05) is 0 Å². The molecule has 104 valence electrons. The summed E-state index contributed by atoms with van der Waals surface area (Å²) >= 11 is 0. The van der Waals surface area contributed by atoms with Crippen LogP contribution in [0.4, 0.5) is 0 Å². The van der Waals surface area contributed by atoms with Gasteiger partial charge in [0, 0.05) is 6.04 Å². The number of nitrogens with two attached hydrogens (primary N) is 1. The van der Waals surface area contributed by atoms with E-state index in [1.165, 1.54) is 70.8 Å². The van der Waals surface area contributed by atoms with Crippen LogP contribution >= 0.6 is 0 Å². The number of hydrogen-bond donors (Lipinski definition) is 2. The molecule has 2 nitrogen and oxygen atoms in total. The molecule has 0 aliphatic heterocycles. The highest BCUT2D eigenvalue weighted by Crippen LogP contribution is 2.08. The Hall–Kier alpha value is -0.0800. The van der Waals surface area contributed by atoms with Gasteiger partial charge in [0.15, 0.2) is 0 Å². The van der Waals surface area contributed by atoms with Gasteiger partial charge in [-0.15, -0.1) is 0 Å². The van der Waals surface area contributed by atoms with E-state index < -0.39 is 0 Å². The van der Waals surface area contributed by atoms with Crippen molar-refractivity contribution in [3.05, 3.63) is 0 Å². The monoisotopic (exact) mass is 242 g/mol. The Kier molecular flexibility index (Phi) is 13.9. The number of rotatable bonds is 13. The minimum absolute atomic E-state index is 0.705. The molecule has 0 bridgehead atoms. The molecule has 1 atom stereocenters. The zero-order chi connectivity index (χ0) is 12.8. The highest BCUT2D eigenvalue weighted by atomic mass is 14.9. The summed E-state index contributed by atoms with van der Waals surface area (Å²) in [5.74, 6) is 0. The predicted octanol–water partition coefficient (Wildman–Crippen LogP) is 3.84. The van der Waals surface area contributed by atoms with Crippen molar-refractivity contribution in [1.82, 2.24) is 5.32 Å². The molecule has 0 aliphatic carbocycles. The topological polar surface area (TPSA) is 38.0 Å². The molecule has 0 spiro atoms. The summed E-state index contributed by atoms with van der Waals surface area (Å²) in [5, 5.41) is 3.59. The van der Waals surface area contributed by atoms with E-state index >= 15 is 0 Å². The van der Waals surface area contributed by atoms with Crippen molar-refractivity contribution in [2.45, 2.75) is 84.1 Å². The van der Waals surface area contributed by atoms with Crippen LogP contribution in [0.3, 0.4) is 0 Å². The van der Waals surface area contributed by atoms with Crippen molar-refractivity contribution in [3.63, 3.8) is 0 Å². The van der Waals surface area contributed by atoms with Crippen LogP contribution in [-0.2, 0) is 0 Å².